The summed E-state index contributed by atoms with van der Waals surface area (Å²) in [6, 6.07) is 0.550. The van der Waals surface area contributed by atoms with Crippen molar-refractivity contribution in [3.8, 4) is 11.6 Å². The molecule has 1 fully saturated rings. The van der Waals surface area contributed by atoms with Gasteiger partial charge < -0.3 is 9.84 Å². The lowest BCUT2D eigenvalue weighted by molar-refractivity contribution is 0.248. The van der Waals surface area contributed by atoms with Gasteiger partial charge in [0.1, 0.15) is 6.33 Å². The van der Waals surface area contributed by atoms with Gasteiger partial charge in [0.15, 0.2) is 5.82 Å². The minimum atomic E-state index is 0.476. The molecule has 1 saturated carbocycles. The van der Waals surface area contributed by atoms with E-state index in [4.69, 9.17) is 4.52 Å². The first kappa shape index (κ1) is 12.3. The molecule has 102 valence electrons. The van der Waals surface area contributed by atoms with E-state index in [9.17, 15) is 0 Å². The molecule has 0 aromatic carbocycles. The maximum atomic E-state index is 5.31. The van der Waals surface area contributed by atoms with Crippen LogP contribution in [0.15, 0.2) is 10.9 Å². The van der Waals surface area contributed by atoms with Crippen molar-refractivity contribution in [2.24, 2.45) is 5.92 Å². The second-order valence-corrected chi connectivity index (χ2v) is 4.99. The topological polar surface area (TPSA) is 92.5 Å². The second-order valence-electron chi connectivity index (χ2n) is 4.99. The molecule has 3 rings (SSSR count). The monoisotopic (exact) mass is 262 g/mol. The summed E-state index contributed by atoms with van der Waals surface area (Å²) >= 11 is 0. The van der Waals surface area contributed by atoms with E-state index in [0.29, 0.717) is 29.5 Å². The fraction of sp³-hybridized carbons (Fsp3) is 0.667. The molecule has 0 spiro atoms. The summed E-state index contributed by atoms with van der Waals surface area (Å²) in [7, 11) is 2.02. The fourth-order valence-corrected chi connectivity index (χ4v) is 2.80. The number of nitrogens with one attached hydrogen (secondary N) is 2. The molecular formula is C12H18N6O. The van der Waals surface area contributed by atoms with E-state index in [1.165, 1.54) is 32.0 Å². The number of aromatic amines is 1. The molecule has 2 aromatic rings. The minimum absolute atomic E-state index is 0.476. The summed E-state index contributed by atoms with van der Waals surface area (Å²) in [5.74, 6) is 2.27. The number of nitrogens with zero attached hydrogens (tertiary/aromatic N) is 4. The molecule has 0 radical (unpaired) electrons. The third kappa shape index (κ3) is 2.65. The maximum Gasteiger partial charge on any atom is 0.239 e. The van der Waals surface area contributed by atoms with Crippen LogP contribution in [-0.4, -0.2) is 38.4 Å². The number of H-pyrrole nitrogens is 1. The predicted molar refractivity (Wildman–Crippen MR) is 68.2 cm³/mol. The first-order valence-corrected chi connectivity index (χ1v) is 6.72. The average Bonchev–Trinajstić information content (AvgIpc) is 3.09. The van der Waals surface area contributed by atoms with E-state index in [-0.39, 0.29) is 0 Å². The van der Waals surface area contributed by atoms with E-state index >= 15 is 0 Å². The Balaban J connectivity index is 1.69. The van der Waals surface area contributed by atoms with Gasteiger partial charge in [-0.2, -0.15) is 10.1 Å². The number of hydrogen-bond acceptors (Lipinski definition) is 6. The number of aromatic nitrogens is 5. The largest absolute Gasteiger partial charge is 0.339 e. The molecule has 7 heteroatoms. The van der Waals surface area contributed by atoms with Gasteiger partial charge in [0, 0.05) is 12.5 Å². The summed E-state index contributed by atoms with van der Waals surface area (Å²) in [5, 5.41) is 13.8. The van der Waals surface area contributed by atoms with Crippen LogP contribution in [0, 0.1) is 5.92 Å². The Labute approximate surface area is 111 Å². The van der Waals surface area contributed by atoms with Crippen LogP contribution in [0.3, 0.4) is 0 Å². The summed E-state index contributed by atoms with van der Waals surface area (Å²) in [4.78, 5) is 8.39. The molecule has 19 heavy (non-hydrogen) atoms. The number of hydrogen-bond donors (Lipinski definition) is 2. The summed E-state index contributed by atoms with van der Waals surface area (Å²) in [6.45, 7) is 0. The van der Waals surface area contributed by atoms with Crippen LogP contribution in [0.5, 0.6) is 0 Å². The highest BCUT2D eigenvalue weighted by Crippen LogP contribution is 2.27. The lowest BCUT2D eigenvalue weighted by Gasteiger charge is -2.30. The molecule has 1 aliphatic carbocycles. The van der Waals surface area contributed by atoms with E-state index in [1.54, 1.807) is 0 Å². The Hall–Kier alpha value is -1.76. The summed E-state index contributed by atoms with van der Waals surface area (Å²) in [5.41, 5.74) is 0. The third-order valence-electron chi connectivity index (χ3n) is 3.81. The Morgan fingerprint density at radius 3 is 3.11 bits per heavy atom. The Bertz CT molecular complexity index is 508. The van der Waals surface area contributed by atoms with Gasteiger partial charge in [-0.15, -0.1) is 0 Å². The van der Waals surface area contributed by atoms with Gasteiger partial charge in [-0.05, 0) is 25.8 Å². The van der Waals surface area contributed by atoms with Crippen LogP contribution in [-0.2, 0) is 6.42 Å². The Morgan fingerprint density at radius 2 is 2.32 bits per heavy atom. The zero-order valence-electron chi connectivity index (χ0n) is 11.0. The Morgan fingerprint density at radius 1 is 1.42 bits per heavy atom. The van der Waals surface area contributed by atoms with Gasteiger partial charge >= 0.3 is 0 Å². The van der Waals surface area contributed by atoms with Gasteiger partial charge in [0.05, 0.1) is 0 Å². The van der Waals surface area contributed by atoms with Crippen LogP contribution in [0.25, 0.3) is 11.6 Å². The second kappa shape index (κ2) is 5.48. The molecule has 0 bridgehead atoms. The zero-order valence-corrected chi connectivity index (χ0v) is 11.0. The van der Waals surface area contributed by atoms with Crippen molar-refractivity contribution in [3.05, 3.63) is 12.2 Å². The minimum Gasteiger partial charge on any atom is -0.339 e. The van der Waals surface area contributed by atoms with Gasteiger partial charge in [0.2, 0.25) is 11.7 Å². The van der Waals surface area contributed by atoms with Crippen molar-refractivity contribution in [2.45, 2.75) is 38.1 Å². The van der Waals surface area contributed by atoms with Crippen molar-refractivity contribution in [2.75, 3.05) is 7.05 Å². The van der Waals surface area contributed by atoms with Crippen molar-refractivity contribution in [3.63, 3.8) is 0 Å². The van der Waals surface area contributed by atoms with Crippen LogP contribution >= 0.6 is 0 Å². The van der Waals surface area contributed by atoms with Crippen molar-refractivity contribution in [1.29, 1.82) is 0 Å². The average molecular weight is 262 g/mol. The third-order valence-corrected chi connectivity index (χ3v) is 3.81. The van der Waals surface area contributed by atoms with Gasteiger partial charge in [0.25, 0.3) is 0 Å². The van der Waals surface area contributed by atoms with E-state index in [2.05, 4.69) is 30.6 Å². The number of rotatable bonds is 4. The highest BCUT2D eigenvalue weighted by Gasteiger charge is 2.26. The molecule has 2 atom stereocenters. The van der Waals surface area contributed by atoms with Gasteiger partial charge in [-0.25, -0.2) is 4.98 Å². The summed E-state index contributed by atoms with van der Waals surface area (Å²) < 4.78 is 5.31. The van der Waals surface area contributed by atoms with Gasteiger partial charge in [-0.1, -0.05) is 18.0 Å². The van der Waals surface area contributed by atoms with Crippen LogP contribution in [0.4, 0.5) is 0 Å². The summed E-state index contributed by atoms with van der Waals surface area (Å²) in [6.07, 6.45) is 7.28. The Kier molecular flexibility index (Phi) is 3.54. The van der Waals surface area contributed by atoms with E-state index in [0.717, 1.165) is 6.42 Å². The van der Waals surface area contributed by atoms with Gasteiger partial charge in [-0.3, -0.25) is 5.10 Å². The fourth-order valence-electron chi connectivity index (χ4n) is 2.80. The molecule has 0 saturated heterocycles. The molecular weight excluding hydrogens is 244 g/mol. The van der Waals surface area contributed by atoms with Crippen LogP contribution in [0.1, 0.15) is 31.6 Å². The molecule has 7 nitrogen and oxygen atoms in total. The highest BCUT2D eigenvalue weighted by molar-refractivity contribution is 5.39. The quantitative estimate of drug-likeness (QED) is 0.859. The lowest BCUT2D eigenvalue weighted by atomic mass is 9.82. The lowest BCUT2D eigenvalue weighted by Crippen LogP contribution is -2.37. The zero-order chi connectivity index (χ0) is 13.1. The maximum absolute atomic E-state index is 5.31. The molecule has 2 N–H and O–H groups in total. The molecule has 1 aliphatic rings. The molecule has 0 aliphatic heterocycles. The predicted octanol–water partition coefficient (Wildman–Crippen LogP) is 1.18. The van der Waals surface area contributed by atoms with E-state index in [1.807, 2.05) is 7.05 Å². The molecule has 0 amide bonds. The smallest absolute Gasteiger partial charge is 0.239 e. The molecule has 2 aromatic heterocycles. The molecule has 2 heterocycles. The van der Waals surface area contributed by atoms with Crippen LogP contribution < -0.4 is 5.32 Å². The van der Waals surface area contributed by atoms with Crippen molar-refractivity contribution in [1.82, 2.24) is 30.6 Å². The highest BCUT2D eigenvalue weighted by atomic mass is 16.5. The molecule has 2 unspecified atom stereocenters. The first-order chi connectivity index (χ1) is 9.36. The normalized spacial score (nSPS) is 23.6. The standard InChI is InChI=1S/C12H18N6O/c1-13-9-5-3-2-4-8(9)6-10-16-12(18-19-10)11-14-7-15-17-11/h7-9,13H,2-6H2,1H3,(H,14,15,17). The SMILES string of the molecule is CNC1CCCCC1Cc1nc(-c2ncn[nH]2)no1. The van der Waals surface area contributed by atoms with Crippen molar-refractivity contribution >= 4 is 0 Å². The first-order valence-electron chi connectivity index (χ1n) is 6.72. The van der Waals surface area contributed by atoms with Crippen LogP contribution in [0.2, 0.25) is 0 Å². The van der Waals surface area contributed by atoms with Crippen molar-refractivity contribution < 1.29 is 4.52 Å². The van der Waals surface area contributed by atoms with E-state index < -0.39 is 0 Å².